The molecule has 1 aromatic heterocycles. The molecule has 0 atom stereocenters. The van der Waals surface area contributed by atoms with E-state index in [0.29, 0.717) is 9.13 Å². The van der Waals surface area contributed by atoms with Gasteiger partial charge in [0.2, 0.25) is 6.08 Å². The second kappa shape index (κ2) is 5.24. The van der Waals surface area contributed by atoms with Crippen LogP contribution in [0.3, 0.4) is 0 Å². The first kappa shape index (κ1) is 12.2. The topological polar surface area (TPSA) is 137 Å². The summed E-state index contributed by atoms with van der Waals surface area (Å²) in [4.78, 5) is 46.5. The van der Waals surface area contributed by atoms with Crippen molar-refractivity contribution in [1.29, 1.82) is 5.26 Å². The lowest BCUT2D eigenvalue weighted by atomic mass is 10.8. The summed E-state index contributed by atoms with van der Waals surface area (Å²) in [6, 6.07) is 0. The standard InChI is InChI=1S/C7H4N4O6/c8-1-16-4-11-5(13)10(2-9-3-12)6(14)17-7(11)15/h2,4H2. The molecule has 0 bridgehead atoms. The Morgan fingerprint density at radius 3 is 2.53 bits per heavy atom. The van der Waals surface area contributed by atoms with E-state index >= 15 is 0 Å². The lowest BCUT2D eigenvalue weighted by Crippen LogP contribution is -2.46. The number of isocyanates is 1. The molecule has 0 aliphatic heterocycles. The minimum atomic E-state index is -1.28. The van der Waals surface area contributed by atoms with Crippen molar-refractivity contribution >= 4 is 6.08 Å². The van der Waals surface area contributed by atoms with Crippen molar-refractivity contribution in [3.8, 4) is 6.26 Å². The Balaban J connectivity index is 3.38. The normalized spacial score (nSPS) is 9.12. The molecule has 0 aliphatic rings. The maximum Gasteiger partial charge on any atom is 0.429 e. The smallest absolute Gasteiger partial charge is 0.405 e. The SMILES string of the molecule is N#COCn1c(=O)oc(=O)n(CN=C=O)c1=O. The van der Waals surface area contributed by atoms with Crippen LogP contribution in [0.2, 0.25) is 0 Å². The number of hydrogen-bond donors (Lipinski definition) is 0. The molecule has 17 heavy (non-hydrogen) atoms. The number of aromatic nitrogens is 2. The third-order valence-corrected chi connectivity index (χ3v) is 1.61. The predicted octanol–water partition coefficient (Wildman–Crippen LogP) is -2.29. The monoisotopic (exact) mass is 240 g/mol. The summed E-state index contributed by atoms with van der Waals surface area (Å²) in [6.45, 7) is -1.35. The summed E-state index contributed by atoms with van der Waals surface area (Å²) < 4.78 is 9.04. The highest BCUT2D eigenvalue weighted by Crippen LogP contribution is 1.76. The summed E-state index contributed by atoms with van der Waals surface area (Å²) in [6.07, 6.45) is 2.35. The van der Waals surface area contributed by atoms with Crippen LogP contribution in [-0.2, 0) is 22.9 Å². The average molecular weight is 240 g/mol. The number of hydrogen-bond acceptors (Lipinski definition) is 8. The molecule has 0 unspecified atom stereocenters. The number of ether oxygens (including phenoxy) is 1. The molecule has 0 fully saturated rings. The molecule has 0 radical (unpaired) electrons. The van der Waals surface area contributed by atoms with Gasteiger partial charge in [0.1, 0.15) is 6.67 Å². The molecule has 0 spiro atoms. The molecule has 1 rings (SSSR count). The van der Waals surface area contributed by atoms with Gasteiger partial charge in [-0.3, -0.25) is 0 Å². The zero-order valence-electron chi connectivity index (χ0n) is 8.15. The van der Waals surface area contributed by atoms with Crippen LogP contribution in [0, 0.1) is 11.5 Å². The fraction of sp³-hybridized carbons (Fsp3) is 0.286. The van der Waals surface area contributed by atoms with Crippen LogP contribution < -0.4 is 17.2 Å². The Morgan fingerprint density at radius 2 is 1.94 bits per heavy atom. The first-order valence-corrected chi connectivity index (χ1v) is 4.01. The van der Waals surface area contributed by atoms with Crippen LogP contribution in [0.1, 0.15) is 0 Å². The summed E-state index contributed by atoms with van der Waals surface area (Å²) in [5.41, 5.74) is -1.11. The minimum absolute atomic E-state index is 0.352. The van der Waals surface area contributed by atoms with Crippen molar-refractivity contribution < 1.29 is 13.9 Å². The van der Waals surface area contributed by atoms with E-state index in [1.54, 1.807) is 0 Å². The van der Waals surface area contributed by atoms with Crippen LogP contribution in [0.5, 0.6) is 0 Å². The zero-order valence-corrected chi connectivity index (χ0v) is 8.15. The lowest BCUT2D eigenvalue weighted by Gasteiger charge is -2.02. The molecule has 88 valence electrons. The molecule has 0 aromatic carbocycles. The van der Waals surface area contributed by atoms with E-state index in [9.17, 15) is 19.2 Å². The van der Waals surface area contributed by atoms with Crippen molar-refractivity contribution in [2.45, 2.75) is 13.4 Å². The number of aliphatic imine (C=N–C) groups is 1. The summed E-state index contributed by atoms with van der Waals surface area (Å²) in [7, 11) is 0. The number of nitrogens with zero attached hydrogens (tertiary/aromatic N) is 4. The van der Waals surface area contributed by atoms with Crippen molar-refractivity contribution in [2.75, 3.05) is 0 Å². The van der Waals surface area contributed by atoms with Gasteiger partial charge in [0.05, 0.1) is 0 Å². The van der Waals surface area contributed by atoms with Crippen molar-refractivity contribution in [1.82, 2.24) is 9.13 Å². The first-order chi connectivity index (χ1) is 8.11. The summed E-state index contributed by atoms with van der Waals surface area (Å²) >= 11 is 0. The largest absolute Gasteiger partial charge is 0.429 e. The van der Waals surface area contributed by atoms with E-state index in [-0.39, 0.29) is 0 Å². The van der Waals surface area contributed by atoms with E-state index in [2.05, 4.69) is 14.1 Å². The van der Waals surface area contributed by atoms with Gasteiger partial charge in [0.15, 0.2) is 6.73 Å². The zero-order chi connectivity index (χ0) is 12.8. The van der Waals surface area contributed by atoms with E-state index in [0.717, 1.165) is 6.08 Å². The van der Waals surface area contributed by atoms with E-state index in [1.807, 2.05) is 0 Å². The van der Waals surface area contributed by atoms with E-state index in [4.69, 9.17) is 5.26 Å². The van der Waals surface area contributed by atoms with Gasteiger partial charge in [-0.15, -0.1) is 0 Å². The van der Waals surface area contributed by atoms with E-state index in [1.165, 1.54) is 6.26 Å². The lowest BCUT2D eigenvalue weighted by molar-refractivity contribution is 0.160. The number of carbonyl (C=O) groups excluding carboxylic acids is 1. The third-order valence-electron chi connectivity index (χ3n) is 1.61. The van der Waals surface area contributed by atoms with Crippen LogP contribution in [-0.4, -0.2) is 15.2 Å². The van der Waals surface area contributed by atoms with Crippen molar-refractivity contribution in [3.63, 3.8) is 0 Å². The molecule has 0 N–H and O–H groups in total. The predicted molar refractivity (Wildman–Crippen MR) is 48.3 cm³/mol. The Bertz CT molecular complexity index is 667. The Morgan fingerprint density at radius 1 is 1.29 bits per heavy atom. The van der Waals surface area contributed by atoms with Gasteiger partial charge < -0.3 is 9.15 Å². The van der Waals surface area contributed by atoms with Gasteiger partial charge in [0, 0.05) is 0 Å². The van der Waals surface area contributed by atoms with Gasteiger partial charge in [-0.2, -0.15) is 14.8 Å². The average Bonchev–Trinajstić information content (AvgIpc) is 2.28. The summed E-state index contributed by atoms with van der Waals surface area (Å²) in [5, 5.41) is 8.12. The van der Waals surface area contributed by atoms with Crippen molar-refractivity contribution in [2.24, 2.45) is 4.99 Å². The number of nitriles is 1. The van der Waals surface area contributed by atoms with Crippen LogP contribution in [0.4, 0.5) is 0 Å². The minimum Gasteiger partial charge on any atom is -0.405 e. The van der Waals surface area contributed by atoms with Gasteiger partial charge in [-0.1, -0.05) is 0 Å². The van der Waals surface area contributed by atoms with Gasteiger partial charge in [0.25, 0.3) is 6.26 Å². The molecule has 0 saturated heterocycles. The molecule has 0 aliphatic carbocycles. The molecular weight excluding hydrogens is 236 g/mol. The van der Waals surface area contributed by atoms with E-state index < -0.39 is 30.6 Å². The Kier molecular flexibility index (Phi) is 3.75. The van der Waals surface area contributed by atoms with Gasteiger partial charge in [-0.25, -0.2) is 23.7 Å². The second-order valence-electron chi connectivity index (χ2n) is 2.53. The molecule has 0 amide bonds. The second-order valence-corrected chi connectivity index (χ2v) is 2.53. The maximum atomic E-state index is 11.5. The van der Waals surface area contributed by atoms with Crippen LogP contribution >= 0.6 is 0 Å². The molecule has 1 aromatic rings. The van der Waals surface area contributed by atoms with Gasteiger partial charge in [-0.05, 0) is 0 Å². The maximum absolute atomic E-state index is 11.5. The van der Waals surface area contributed by atoms with Gasteiger partial charge >= 0.3 is 17.2 Å². The molecule has 1 heterocycles. The van der Waals surface area contributed by atoms with Crippen LogP contribution in [0.25, 0.3) is 0 Å². The van der Waals surface area contributed by atoms with Crippen LogP contribution in [0.15, 0.2) is 23.8 Å². The quantitative estimate of drug-likeness (QED) is 0.328. The number of rotatable bonds is 4. The molecule has 10 heteroatoms. The molecule has 10 nitrogen and oxygen atoms in total. The first-order valence-electron chi connectivity index (χ1n) is 4.01. The molecular formula is C7H4N4O6. The highest BCUT2D eigenvalue weighted by molar-refractivity contribution is 5.32. The summed E-state index contributed by atoms with van der Waals surface area (Å²) in [5.74, 6) is -2.55. The highest BCUT2D eigenvalue weighted by Gasteiger charge is 2.11. The van der Waals surface area contributed by atoms with Crippen molar-refractivity contribution in [3.05, 3.63) is 31.6 Å². The Labute approximate surface area is 91.6 Å². The Hall–Kier alpha value is -2.92. The molecule has 0 saturated carbocycles. The fourth-order valence-corrected chi connectivity index (χ4v) is 0.906. The fourth-order valence-electron chi connectivity index (χ4n) is 0.906. The third kappa shape index (κ3) is 2.55. The highest BCUT2D eigenvalue weighted by atomic mass is 16.5.